The van der Waals surface area contributed by atoms with Crippen LogP contribution < -0.4 is 10.6 Å². The van der Waals surface area contributed by atoms with Crippen molar-refractivity contribution in [3.8, 4) is 0 Å². The minimum Gasteiger partial charge on any atom is -0.389 e. The summed E-state index contributed by atoms with van der Waals surface area (Å²) in [6.07, 6.45) is 7.07. The Balaban J connectivity index is 2.25. The predicted molar refractivity (Wildman–Crippen MR) is 87.2 cm³/mol. The van der Waals surface area contributed by atoms with Crippen LogP contribution in [0.3, 0.4) is 0 Å². The van der Waals surface area contributed by atoms with Gasteiger partial charge in [0, 0.05) is 13.1 Å². The molecule has 21 heavy (non-hydrogen) atoms. The lowest BCUT2D eigenvalue weighted by Crippen LogP contribution is -2.51. The molecule has 1 saturated carbocycles. The van der Waals surface area contributed by atoms with E-state index in [1.165, 1.54) is 0 Å². The highest BCUT2D eigenvalue weighted by atomic mass is 16.3. The first-order chi connectivity index (χ1) is 9.78. The maximum atomic E-state index is 11.9. The van der Waals surface area contributed by atoms with Crippen LogP contribution in [0.2, 0.25) is 0 Å². The van der Waals surface area contributed by atoms with Crippen molar-refractivity contribution in [3.63, 3.8) is 0 Å². The van der Waals surface area contributed by atoms with Crippen LogP contribution in [-0.4, -0.2) is 35.7 Å². The van der Waals surface area contributed by atoms with Crippen LogP contribution in [-0.2, 0) is 4.79 Å². The van der Waals surface area contributed by atoms with Crippen LogP contribution in [0.5, 0.6) is 0 Å². The lowest BCUT2D eigenvalue weighted by atomic mass is 9.71. The van der Waals surface area contributed by atoms with Crippen LogP contribution in [0.25, 0.3) is 0 Å². The Morgan fingerprint density at radius 1 is 1.19 bits per heavy atom. The van der Waals surface area contributed by atoms with Crippen molar-refractivity contribution in [1.82, 2.24) is 10.6 Å². The van der Waals surface area contributed by atoms with Gasteiger partial charge in [-0.2, -0.15) is 0 Å². The van der Waals surface area contributed by atoms with E-state index in [0.717, 1.165) is 51.5 Å². The molecule has 1 fully saturated rings. The number of hydrogen-bond donors (Lipinski definition) is 3. The standard InChI is InChI=1S/C17H34N2O2/c1-5-6-7-12-18-15(20)14(2)19-13-17(21)10-8-16(3,4)9-11-17/h14,19,21H,5-13H2,1-4H3,(H,18,20). The number of amides is 1. The van der Waals surface area contributed by atoms with E-state index < -0.39 is 5.60 Å². The average Bonchev–Trinajstić information content (AvgIpc) is 2.45. The normalized spacial score (nSPS) is 21.8. The minimum atomic E-state index is -0.647. The highest BCUT2D eigenvalue weighted by Gasteiger charge is 2.36. The zero-order valence-corrected chi connectivity index (χ0v) is 14.3. The molecule has 0 bridgehead atoms. The third-order valence-corrected chi connectivity index (χ3v) is 4.74. The van der Waals surface area contributed by atoms with Gasteiger partial charge in [-0.3, -0.25) is 4.79 Å². The van der Waals surface area contributed by atoms with Crippen molar-refractivity contribution >= 4 is 5.91 Å². The maximum Gasteiger partial charge on any atom is 0.236 e. The Hall–Kier alpha value is -0.610. The molecule has 1 aliphatic carbocycles. The molecule has 1 amide bonds. The molecule has 1 unspecified atom stereocenters. The van der Waals surface area contributed by atoms with Gasteiger partial charge in [0.2, 0.25) is 5.91 Å². The smallest absolute Gasteiger partial charge is 0.236 e. The summed E-state index contributed by atoms with van der Waals surface area (Å²) < 4.78 is 0. The highest BCUT2D eigenvalue weighted by molar-refractivity contribution is 5.81. The summed E-state index contributed by atoms with van der Waals surface area (Å²) in [6, 6.07) is -0.245. The Morgan fingerprint density at radius 2 is 1.81 bits per heavy atom. The number of carbonyl (C=O) groups excluding carboxylic acids is 1. The van der Waals surface area contributed by atoms with Gasteiger partial charge in [-0.05, 0) is 44.4 Å². The predicted octanol–water partition coefficient (Wildman–Crippen LogP) is 2.60. The maximum absolute atomic E-state index is 11.9. The van der Waals surface area contributed by atoms with E-state index in [1.807, 2.05) is 6.92 Å². The molecule has 1 atom stereocenters. The number of aliphatic hydroxyl groups is 1. The first-order valence-corrected chi connectivity index (χ1v) is 8.51. The van der Waals surface area contributed by atoms with Crippen LogP contribution in [0.15, 0.2) is 0 Å². The molecule has 1 aliphatic rings. The number of nitrogens with one attached hydrogen (secondary N) is 2. The van der Waals surface area contributed by atoms with Crippen molar-refractivity contribution in [2.75, 3.05) is 13.1 Å². The van der Waals surface area contributed by atoms with Crippen LogP contribution in [0, 0.1) is 5.41 Å². The molecule has 3 N–H and O–H groups in total. The van der Waals surface area contributed by atoms with Gasteiger partial charge in [0.15, 0.2) is 0 Å². The van der Waals surface area contributed by atoms with Crippen molar-refractivity contribution in [3.05, 3.63) is 0 Å². The van der Waals surface area contributed by atoms with Gasteiger partial charge < -0.3 is 15.7 Å². The molecule has 1 rings (SSSR count). The SMILES string of the molecule is CCCCCNC(=O)C(C)NCC1(O)CCC(C)(C)CC1. The number of carbonyl (C=O) groups is 1. The van der Waals surface area contributed by atoms with Gasteiger partial charge in [-0.1, -0.05) is 33.6 Å². The third-order valence-electron chi connectivity index (χ3n) is 4.74. The summed E-state index contributed by atoms with van der Waals surface area (Å²) in [4.78, 5) is 11.9. The molecule has 0 aromatic rings. The molecule has 4 heteroatoms. The molecule has 124 valence electrons. The van der Waals surface area contributed by atoms with Crippen molar-refractivity contribution in [2.45, 2.75) is 84.3 Å². The zero-order chi connectivity index (χ0) is 15.9. The van der Waals surface area contributed by atoms with E-state index in [-0.39, 0.29) is 11.9 Å². The highest BCUT2D eigenvalue weighted by Crippen LogP contribution is 2.39. The number of hydrogen-bond acceptors (Lipinski definition) is 3. The molecule has 0 radical (unpaired) electrons. The van der Waals surface area contributed by atoms with Crippen LogP contribution in [0.4, 0.5) is 0 Å². The van der Waals surface area contributed by atoms with Gasteiger partial charge in [-0.25, -0.2) is 0 Å². The molecule has 0 aromatic heterocycles. The second-order valence-corrected chi connectivity index (χ2v) is 7.49. The summed E-state index contributed by atoms with van der Waals surface area (Å²) >= 11 is 0. The quantitative estimate of drug-likeness (QED) is 0.604. The summed E-state index contributed by atoms with van der Waals surface area (Å²) in [5.74, 6) is 0.0332. The van der Waals surface area contributed by atoms with Crippen molar-refractivity contribution in [1.29, 1.82) is 0 Å². The van der Waals surface area contributed by atoms with E-state index >= 15 is 0 Å². The average molecular weight is 298 g/mol. The summed E-state index contributed by atoms with van der Waals surface area (Å²) in [6.45, 7) is 9.78. The second kappa shape index (κ2) is 8.14. The van der Waals surface area contributed by atoms with Gasteiger partial charge >= 0.3 is 0 Å². The number of unbranched alkanes of at least 4 members (excludes halogenated alkanes) is 2. The first-order valence-electron chi connectivity index (χ1n) is 8.51. The van der Waals surface area contributed by atoms with Gasteiger partial charge in [-0.15, -0.1) is 0 Å². The molecule has 4 nitrogen and oxygen atoms in total. The first kappa shape index (κ1) is 18.4. The second-order valence-electron chi connectivity index (χ2n) is 7.49. The largest absolute Gasteiger partial charge is 0.389 e. The molecule has 0 heterocycles. The van der Waals surface area contributed by atoms with E-state index in [9.17, 15) is 9.90 Å². The van der Waals surface area contributed by atoms with E-state index in [2.05, 4.69) is 31.4 Å². The van der Waals surface area contributed by atoms with Crippen molar-refractivity contribution < 1.29 is 9.90 Å². The van der Waals surface area contributed by atoms with E-state index in [0.29, 0.717) is 12.0 Å². The fraction of sp³-hybridized carbons (Fsp3) is 0.941. The minimum absolute atomic E-state index is 0.0332. The molecule has 0 saturated heterocycles. The van der Waals surface area contributed by atoms with Gasteiger partial charge in [0.05, 0.1) is 11.6 Å². The third kappa shape index (κ3) is 6.79. The fourth-order valence-corrected chi connectivity index (χ4v) is 2.74. The summed E-state index contributed by atoms with van der Waals surface area (Å²) in [7, 11) is 0. The van der Waals surface area contributed by atoms with Crippen LogP contribution in [0.1, 0.15) is 72.6 Å². The monoisotopic (exact) mass is 298 g/mol. The van der Waals surface area contributed by atoms with E-state index in [1.54, 1.807) is 0 Å². The Labute approximate surface area is 130 Å². The van der Waals surface area contributed by atoms with Crippen molar-refractivity contribution in [2.24, 2.45) is 5.41 Å². The Morgan fingerprint density at radius 3 is 2.38 bits per heavy atom. The molecular weight excluding hydrogens is 264 g/mol. The Bertz CT molecular complexity index is 319. The van der Waals surface area contributed by atoms with E-state index in [4.69, 9.17) is 0 Å². The summed E-state index contributed by atoms with van der Waals surface area (Å²) in [5, 5.41) is 16.7. The lowest BCUT2D eigenvalue weighted by molar-refractivity contribution is -0.123. The lowest BCUT2D eigenvalue weighted by Gasteiger charge is -2.40. The number of rotatable bonds is 8. The Kier molecular flexibility index (Phi) is 7.14. The van der Waals surface area contributed by atoms with Gasteiger partial charge in [0.25, 0.3) is 0 Å². The topological polar surface area (TPSA) is 61.4 Å². The molecule has 0 spiro atoms. The molecular formula is C17H34N2O2. The van der Waals surface area contributed by atoms with Crippen LogP contribution >= 0.6 is 0 Å². The summed E-state index contributed by atoms with van der Waals surface area (Å²) in [5.41, 5.74) is -0.305. The fourth-order valence-electron chi connectivity index (χ4n) is 2.74. The molecule has 0 aliphatic heterocycles. The zero-order valence-electron chi connectivity index (χ0n) is 14.3. The van der Waals surface area contributed by atoms with Gasteiger partial charge in [0.1, 0.15) is 0 Å². The molecule has 0 aromatic carbocycles.